The molecule has 9 heteroatoms. The lowest BCUT2D eigenvalue weighted by Crippen LogP contribution is -2.46. The smallest absolute Gasteiger partial charge is 0.247 e. The number of thiophene rings is 1. The van der Waals surface area contributed by atoms with Crippen LogP contribution in [0.15, 0.2) is 72.1 Å². The van der Waals surface area contributed by atoms with Crippen molar-refractivity contribution in [1.29, 1.82) is 0 Å². The average molecular weight is 490 g/mol. The van der Waals surface area contributed by atoms with Gasteiger partial charge in [-0.1, -0.05) is 53.7 Å². The van der Waals surface area contributed by atoms with Crippen molar-refractivity contribution in [1.82, 2.24) is 25.2 Å². The molecule has 0 unspecified atom stereocenters. The number of fused-ring (bicyclic) bond motifs is 1. The highest BCUT2D eigenvalue weighted by Crippen LogP contribution is 2.26. The molecule has 0 aliphatic carbocycles. The summed E-state index contributed by atoms with van der Waals surface area (Å²) >= 11 is 1.56. The Morgan fingerprint density at radius 1 is 1.11 bits per heavy atom. The van der Waals surface area contributed by atoms with Crippen LogP contribution in [0.2, 0.25) is 0 Å². The number of carbonyl (C=O) groups is 2. The minimum absolute atomic E-state index is 0.0123. The fraction of sp³-hybridized carbons (Fsp3) is 0.308. The van der Waals surface area contributed by atoms with Crippen LogP contribution in [0.4, 0.5) is 0 Å². The van der Waals surface area contributed by atoms with Crippen molar-refractivity contribution in [3.8, 4) is 0 Å². The molecule has 2 aromatic carbocycles. The Hall–Kier alpha value is -3.56. The van der Waals surface area contributed by atoms with Gasteiger partial charge in [-0.2, -0.15) is 0 Å². The number of rotatable bonds is 9. The van der Waals surface area contributed by atoms with Crippen molar-refractivity contribution in [2.24, 2.45) is 0 Å². The summed E-state index contributed by atoms with van der Waals surface area (Å²) in [4.78, 5) is 30.0. The summed E-state index contributed by atoms with van der Waals surface area (Å²) in [6.07, 6.45) is 1.93. The Morgan fingerprint density at radius 2 is 1.94 bits per heavy atom. The molecule has 3 heterocycles. The van der Waals surface area contributed by atoms with Crippen LogP contribution in [-0.2, 0) is 27.4 Å². The fourth-order valence-electron chi connectivity index (χ4n) is 4.37. The predicted octanol–water partition coefficient (Wildman–Crippen LogP) is 3.56. The Morgan fingerprint density at radius 3 is 2.71 bits per heavy atom. The van der Waals surface area contributed by atoms with Crippen LogP contribution in [0.5, 0.6) is 0 Å². The molecular formula is C26H27N5O3S. The number of nitrogens with zero attached hydrogens (tertiary/aromatic N) is 4. The Labute approximate surface area is 207 Å². The third-order valence-electron chi connectivity index (χ3n) is 6.14. The lowest BCUT2D eigenvalue weighted by molar-refractivity contribution is -0.142. The molecule has 1 aliphatic heterocycles. The Kier molecular flexibility index (Phi) is 7.15. The van der Waals surface area contributed by atoms with E-state index >= 15 is 0 Å². The van der Waals surface area contributed by atoms with Crippen molar-refractivity contribution in [3.63, 3.8) is 0 Å². The SMILES string of the molecule is O=C(NC[C@@H]1CCCO1)[C@H](c1ccccc1)N(Cc1cccs1)C(=O)Cn1nnc2ccccc21. The van der Waals surface area contributed by atoms with Gasteiger partial charge < -0.3 is 15.0 Å². The number of ether oxygens (including phenoxy) is 1. The number of benzene rings is 2. The first-order valence-electron chi connectivity index (χ1n) is 11.7. The number of carbonyl (C=O) groups excluding carboxylic acids is 2. The summed E-state index contributed by atoms with van der Waals surface area (Å²) in [6, 6.07) is 20.1. The predicted molar refractivity (Wildman–Crippen MR) is 134 cm³/mol. The van der Waals surface area contributed by atoms with Gasteiger partial charge in [-0.3, -0.25) is 9.59 Å². The maximum Gasteiger partial charge on any atom is 0.247 e. The van der Waals surface area contributed by atoms with Crippen molar-refractivity contribution in [2.45, 2.75) is 38.1 Å². The van der Waals surface area contributed by atoms with E-state index in [1.54, 1.807) is 20.9 Å². The van der Waals surface area contributed by atoms with Crippen LogP contribution >= 0.6 is 11.3 Å². The van der Waals surface area contributed by atoms with Crippen molar-refractivity contribution in [3.05, 3.63) is 82.6 Å². The van der Waals surface area contributed by atoms with Crippen molar-refractivity contribution < 1.29 is 14.3 Å². The number of amides is 2. The van der Waals surface area contributed by atoms with E-state index in [1.807, 2.05) is 72.1 Å². The van der Waals surface area contributed by atoms with E-state index < -0.39 is 6.04 Å². The molecule has 1 saturated heterocycles. The van der Waals surface area contributed by atoms with Crippen LogP contribution < -0.4 is 5.32 Å². The molecule has 1 aliphatic rings. The van der Waals surface area contributed by atoms with Crippen LogP contribution in [-0.4, -0.2) is 51.0 Å². The normalized spacial score (nSPS) is 16.3. The lowest BCUT2D eigenvalue weighted by Gasteiger charge is -2.31. The monoisotopic (exact) mass is 489 g/mol. The molecule has 180 valence electrons. The second-order valence-corrected chi connectivity index (χ2v) is 9.56. The van der Waals surface area contributed by atoms with Gasteiger partial charge in [0, 0.05) is 18.0 Å². The van der Waals surface area contributed by atoms with Crippen LogP contribution in [0, 0.1) is 0 Å². The first-order valence-corrected chi connectivity index (χ1v) is 12.6. The molecule has 1 fully saturated rings. The average Bonchev–Trinajstić information content (AvgIpc) is 3.66. The highest BCUT2D eigenvalue weighted by molar-refractivity contribution is 7.09. The lowest BCUT2D eigenvalue weighted by atomic mass is 10.0. The van der Waals surface area contributed by atoms with Gasteiger partial charge >= 0.3 is 0 Å². The minimum Gasteiger partial charge on any atom is -0.376 e. The topological polar surface area (TPSA) is 89.4 Å². The van der Waals surface area contributed by atoms with Gasteiger partial charge in [0.15, 0.2) is 0 Å². The van der Waals surface area contributed by atoms with E-state index in [0.29, 0.717) is 13.1 Å². The highest BCUT2D eigenvalue weighted by Gasteiger charge is 2.32. The molecule has 5 rings (SSSR count). The number of nitrogens with one attached hydrogen (secondary N) is 1. The van der Waals surface area contributed by atoms with Crippen LogP contribution in [0.1, 0.15) is 29.3 Å². The molecule has 2 aromatic heterocycles. The van der Waals surface area contributed by atoms with E-state index in [0.717, 1.165) is 40.9 Å². The summed E-state index contributed by atoms with van der Waals surface area (Å²) in [5.41, 5.74) is 2.25. The van der Waals surface area contributed by atoms with Gasteiger partial charge in [0.25, 0.3) is 0 Å². The van der Waals surface area contributed by atoms with Crippen LogP contribution in [0.3, 0.4) is 0 Å². The highest BCUT2D eigenvalue weighted by atomic mass is 32.1. The number of para-hydroxylation sites is 1. The number of aromatic nitrogens is 3. The second kappa shape index (κ2) is 10.8. The molecule has 2 amide bonds. The maximum absolute atomic E-state index is 13.8. The maximum atomic E-state index is 13.8. The van der Waals surface area contributed by atoms with Gasteiger partial charge in [-0.15, -0.1) is 16.4 Å². The number of hydrogen-bond donors (Lipinski definition) is 1. The third-order valence-corrected chi connectivity index (χ3v) is 7.00. The molecule has 0 spiro atoms. The first-order chi connectivity index (χ1) is 17.2. The molecule has 35 heavy (non-hydrogen) atoms. The van der Waals surface area contributed by atoms with E-state index in [4.69, 9.17) is 4.74 Å². The molecule has 1 N–H and O–H groups in total. The van der Waals surface area contributed by atoms with Gasteiger partial charge in [-0.05, 0) is 42.0 Å². The zero-order chi connectivity index (χ0) is 24.0. The van der Waals surface area contributed by atoms with E-state index in [1.165, 1.54) is 0 Å². The summed E-state index contributed by atoms with van der Waals surface area (Å²) in [5.74, 6) is -0.435. The van der Waals surface area contributed by atoms with Gasteiger partial charge in [0.05, 0.1) is 18.2 Å². The van der Waals surface area contributed by atoms with Crippen molar-refractivity contribution in [2.75, 3.05) is 13.2 Å². The zero-order valence-electron chi connectivity index (χ0n) is 19.2. The largest absolute Gasteiger partial charge is 0.376 e. The fourth-order valence-corrected chi connectivity index (χ4v) is 5.07. The summed E-state index contributed by atoms with van der Waals surface area (Å²) in [6.45, 7) is 1.44. The molecule has 0 radical (unpaired) electrons. The van der Waals surface area contributed by atoms with Gasteiger partial charge in [0.1, 0.15) is 18.1 Å². The second-order valence-electron chi connectivity index (χ2n) is 8.53. The van der Waals surface area contributed by atoms with Gasteiger partial charge in [-0.25, -0.2) is 4.68 Å². The standard InChI is InChI=1S/C26H27N5O3S/c32-24(18-31-23-13-5-4-12-22(23)28-29-31)30(17-21-11-7-15-35-21)25(19-8-2-1-3-9-19)26(33)27-16-20-10-6-14-34-20/h1-5,7-9,11-13,15,20,25H,6,10,14,16-18H2,(H,27,33)/t20-,25-/m0/s1. The minimum atomic E-state index is -0.790. The van der Waals surface area contributed by atoms with Gasteiger partial charge in [0.2, 0.25) is 11.8 Å². The quantitative estimate of drug-likeness (QED) is 0.388. The zero-order valence-corrected chi connectivity index (χ0v) is 20.1. The first kappa shape index (κ1) is 23.2. The molecule has 0 saturated carbocycles. The Bertz CT molecular complexity index is 1270. The molecule has 2 atom stereocenters. The summed E-state index contributed by atoms with van der Waals surface area (Å²) in [7, 11) is 0. The third kappa shape index (κ3) is 5.41. The molecular weight excluding hydrogens is 462 g/mol. The summed E-state index contributed by atoms with van der Waals surface area (Å²) < 4.78 is 7.27. The number of hydrogen-bond acceptors (Lipinski definition) is 6. The van der Waals surface area contributed by atoms with E-state index in [-0.39, 0.29) is 24.5 Å². The van der Waals surface area contributed by atoms with E-state index in [2.05, 4.69) is 15.6 Å². The van der Waals surface area contributed by atoms with Crippen molar-refractivity contribution >= 4 is 34.2 Å². The van der Waals surface area contributed by atoms with Crippen LogP contribution in [0.25, 0.3) is 11.0 Å². The molecule has 4 aromatic rings. The van der Waals surface area contributed by atoms with E-state index in [9.17, 15) is 9.59 Å². The molecule has 0 bridgehead atoms. The summed E-state index contributed by atoms with van der Waals surface area (Å²) in [5, 5.41) is 13.4. The molecule has 8 nitrogen and oxygen atoms in total. The Balaban J connectivity index is 1.45.